The number of fused-ring (bicyclic) bond motifs is 1. The van der Waals surface area contributed by atoms with Crippen LogP contribution in [-0.2, 0) is 10.0 Å². The van der Waals surface area contributed by atoms with Crippen LogP contribution in [0.1, 0.15) is 12.8 Å². The SMILES string of the molecule is O=S(=O)(NCC1CCN(c2nc3ccccc3o2)CC1)c1ccccc1Cl. The fourth-order valence-electron chi connectivity index (χ4n) is 3.29. The molecule has 1 aliphatic rings. The van der Waals surface area contributed by atoms with Gasteiger partial charge in [0.05, 0.1) is 5.02 Å². The second-order valence-corrected chi connectivity index (χ2v) is 8.82. The van der Waals surface area contributed by atoms with Gasteiger partial charge in [-0.3, -0.25) is 0 Å². The highest BCUT2D eigenvalue weighted by molar-refractivity contribution is 7.89. The third kappa shape index (κ3) is 3.95. The quantitative estimate of drug-likeness (QED) is 0.700. The van der Waals surface area contributed by atoms with Crippen LogP contribution < -0.4 is 9.62 Å². The number of nitrogens with one attached hydrogen (secondary N) is 1. The normalized spacial score (nSPS) is 16.1. The lowest BCUT2D eigenvalue weighted by Gasteiger charge is -2.30. The predicted molar refractivity (Wildman–Crippen MR) is 106 cm³/mol. The van der Waals surface area contributed by atoms with Crippen molar-refractivity contribution in [1.82, 2.24) is 9.71 Å². The van der Waals surface area contributed by atoms with Crippen LogP contribution in [0.15, 0.2) is 57.8 Å². The molecule has 2 heterocycles. The molecule has 1 aromatic heterocycles. The lowest BCUT2D eigenvalue weighted by Crippen LogP contribution is -2.38. The summed E-state index contributed by atoms with van der Waals surface area (Å²) in [6, 6.07) is 14.8. The number of aromatic nitrogens is 1. The number of hydrogen-bond acceptors (Lipinski definition) is 5. The van der Waals surface area contributed by atoms with Crippen molar-refractivity contribution in [3.63, 3.8) is 0 Å². The monoisotopic (exact) mass is 405 g/mol. The van der Waals surface area contributed by atoms with E-state index in [2.05, 4.69) is 14.6 Å². The van der Waals surface area contributed by atoms with Gasteiger partial charge in [0.25, 0.3) is 6.01 Å². The van der Waals surface area contributed by atoms with E-state index >= 15 is 0 Å². The third-order valence-electron chi connectivity index (χ3n) is 4.86. The molecule has 1 aliphatic heterocycles. The van der Waals surface area contributed by atoms with Crippen molar-refractivity contribution < 1.29 is 12.8 Å². The third-order valence-corrected chi connectivity index (χ3v) is 6.78. The fraction of sp³-hybridized carbons (Fsp3) is 0.316. The summed E-state index contributed by atoms with van der Waals surface area (Å²) in [5.41, 5.74) is 1.63. The lowest BCUT2D eigenvalue weighted by atomic mass is 9.97. The molecule has 0 amide bonds. The molecule has 0 aliphatic carbocycles. The summed E-state index contributed by atoms with van der Waals surface area (Å²) in [7, 11) is -3.60. The Labute approximate surface area is 163 Å². The van der Waals surface area contributed by atoms with Gasteiger partial charge in [-0.15, -0.1) is 0 Å². The van der Waals surface area contributed by atoms with Crippen molar-refractivity contribution in [2.75, 3.05) is 24.5 Å². The number of benzene rings is 2. The van der Waals surface area contributed by atoms with E-state index < -0.39 is 10.0 Å². The van der Waals surface area contributed by atoms with Gasteiger partial charge in [0.15, 0.2) is 5.58 Å². The minimum atomic E-state index is -3.60. The van der Waals surface area contributed by atoms with Gasteiger partial charge >= 0.3 is 0 Å². The number of piperidine rings is 1. The first kappa shape index (κ1) is 18.3. The van der Waals surface area contributed by atoms with Crippen molar-refractivity contribution in [1.29, 1.82) is 0 Å². The second kappa shape index (κ2) is 7.50. The Hall–Kier alpha value is -2.09. The Kier molecular flexibility index (Phi) is 5.08. The maximum absolute atomic E-state index is 12.4. The highest BCUT2D eigenvalue weighted by Crippen LogP contribution is 2.26. The first-order chi connectivity index (χ1) is 13.0. The lowest BCUT2D eigenvalue weighted by molar-refractivity contribution is 0.387. The first-order valence-corrected chi connectivity index (χ1v) is 10.7. The van der Waals surface area contributed by atoms with Gasteiger partial charge in [-0.2, -0.15) is 4.98 Å². The van der Waals surface area contributed by atoms with Crippen molar-refractivity contribution in [2.45, 2.75) is 17.7 Å². The molecule has 1 saturated heterocycles. The van der Waals surface area contributed by atoms with E-state index in [4.69, 9.17) is 16.0 Å². The smallest absolute Gasteiger partial charge is 0.298 e. The molecule has 0 saturated carbocycles. The maximum Gasteiger partial charge on any atom is 0.298 e. The van der Waals surface area contributed by atoms with Crippen LogP contribution in [0.5, 0.6) is 0 Å². The van der Waals surface area contributed by atoms with E-state index in [-0.39, 0.29) is 15.8 Å². The van der Waals surface area contributed by atoms with Gasteiger partial charge in [0.1, 0.15) is 10.4 Å². The number of halogens is 1. The van der Waals surface area contributed by atoms with Gasteiger partial charge in [0.2, 0.25) is 10.0 Å². The van der Waals surface area contributed by atoms with Gasteiger partial charge in [-0.25, -0.2) is 13.1 Å². The van der Waals surface area contributed by atoms with Gasteiger partial charge in [-0.1, -0.05) is 35.9 Å². The molecule has 0 unspecified atom stereocenters. The van der Waals surface area contributed by atoms with E-state index in [9.17, 15) is 8.42 Å². The number of anilines is 1. The second-order valence-electron chi connectivity index (χ2n) is 6.68. The summed E-state index contributed by atoms with van der Waals surface area (Å²) in [6.45, 7) is 1.96. The molecule has 0 atom stereocenters. The average Bonchev–Trinajstić information content (AvgIpc) is 3.11. The standard InChI is InChI=1S/C19H20ClN3O3S/c20-15-5-1-4-8-18(15)27(24,25)21-13-14-9-11-23(12-10-14)19-22-16-6-2-3-7-17(16)26-19/h1-8,14,21H,9-13H2. The van der Waals surface area contributed by atoms with Gasteiger partial charge in [0, 0.05) is 19.6 Å². The van der Waals surface area contributed by atoms with E-state index in [0.29, 0.717) is 12.6 Å². The Morgan fingerprint density at radius 2 is 1.81 bits per heavy atom. The summed E-state index contributed by atoms with van der Waals surface area (Å²) in [5, 5.41) is 0.232. The summed E-state index contributed by atoms with van der Waals surface area (Å²) >= 11 is 6.01. The molecule has 0 radical (unpaired) electrons. The predicted octanol–water partition coefficient (Wildman–Crippen LogP) is 3.68. The molecule has 27 heavy (non-hydrogen) atoms. The number of sulfonamides is 1. The molecule has 6 nitrogen and oxygen atoms in total. The van der Waals surface area contributed by atoms with Crippen LogP contribution in [0.3, 0.4) is 0 Å². The zero-order valence-corrected chi connectivity index (χ0v) is 16.2. The summed E-state index contributed by atoms with van der Waals surface area (Å²) in [6.07, 6.45) is 1.73. The highest BCUT2D eigenvalue weighted by Gasteiger charge is 2.25. The minimum Gasteiger partial charge on any atom is -0.423 e. The highest BCUT2D eigenvalue weighted by atomic mass is 35.5. The minimum absolute atomic E-state index is 0.121. The molecule has 2 aromatic carbocycles. The molecule has 8 heteroatoms. The first-order valence-electron chi connectivity index (χ1n) is 8.88. The average molecular weight is 406 g/mol. The maximum atomic E-state index is 12.4. The van der Waals surface area contributed by atoms with Crippen LogP contribution in [0.25, 0.3) is 11.1 Å². The topological polar surface area (TPSA) is 75.4 Å². The van der Waals surface area contributed by atoms with Crippen molar-refractivity contribution >= 4 is 38.7 Å². The zero-order valence-electron chi connectivity index (χ0n) is 14.6. The van der Waals surface area contributed by atoms with E-state index in [1.54, 1.807) is 18.2 Å². The number of oxazole rings is 1. The summed E-state index contributed by atoms with van der Waals surface area (Å²) in [4.78, 5) is 6.76. The van der Waals surface area contributed by atoms with Crippen molar-refractivity contribution in [3.05, 3.63) is 53.6 Å². The number of para-hydroxylation sites is 2. The largest absolute Gasteiger partial charge is 0.423 e. The summed E-state index contributed by atoms with van der Waals surface area (Å²) < 4.78 is 33.4. The van der Waals surface area contributed by atoms with E-state index in [1.165, 1.54) is 6.07 Å². The summed E-state index contributed by atoms with van der Waals surface area (Å²) in [5.74, 6) is 0.267. The van der Waals surface area contributed by atoms with E-state index in [1.807, 2.05) is 24.3 Å². The molecule has 4 rings (SSSR count). The zero-order chi connectivity index (χ0) is 18.9. The number of hydrogen-bond donors (Lipinski definition) is 1. The van der Waals surface area contributed by atoms with Crippen LogP contribution in [-0.4, -0.2) is 33.0 Å². The van der Waals surface area contributed by atoms with Crippen LogP contribution >= 0.6 is 11.6 Å². The Balaban J connectivity index is 1.35. The molecular weight excluding hydrogens is 386 g/mol. The van der Waals surface area contributed by atoms with Crippen molar-refractivity contribution in [3.8, 4) is 0 Å². The Morgan fingerprint density at radius 1 is 1.11 bits per heavy atom. The molecule has 3 aromatic rings. The fourth-order valence-corrected chi connectivity index (χ4v) is 4.93. The van der Waals surface area contributed by atoms with Crippen LogP contribution in [0, 0.1) is 5.92 Å². The van der Waals surface area contributed by atoms with Gasteiger partial charge < -0.3 is 9.32 Å². The Bertz CT molecular complexity index is 1010. The Morgan fingerprint density at radius 3 is 2.56 bits per heavy atom. The molecule has 0 spiro atoms. The van der Waals surface area contributed by atoms with E-state index in [0.717, 1.165) is 37.0 Å². The molecule has 142 valence electrons. The number of rotatable bonds is 5. The molecule has 0 bridgehead atoms. The number of nitrogens with zero attached hydrogens (tertiary/aromatic N) is 2. The van der Waals surface area contributed by atoms with Crippen LogP contribution in [0.4, 0.5) is 6.01 Å². The molecule has 1 fully saturated rings. The molecule has 1 N–H and O–H groups in total. The van der Waals surface area contributed by atoms with Crippen LogP contribution in [0.2, 0.25) is 5.02 Å². The van der Waals surface area contributed by atoms with Crippen molar-refractivity contribution in [2.24, 2.45) is 5.92 Å². The molecular formula is C19H20ClN3O3S. The van der Waals surface area contributed by atoms with Gasteiger partial charge in [-0.05, 0) is 43.0 Å².